The molecular formula is C12H15BrClN3O2. The summed E-state index contributed by atoms with van der Waals surface area (Å²) in [4.78, 5) is 12.1. The van der Waals surface area contributed by atoms with Crippen molar-refractivity contribution in [2.75, 3.05) is 0 Å². The number of halogens is 2. The van der Waals surface area contributed by atoms with Gasteiger partial charge in [-0.1, -0.05) is 23.7 Å². The van der Waals surface area contributed by atoms with E-state index in [1.165, 1.54) is 0 Å². The van der Waals surface area contributed by atoms with E-state index in [0.29, 0.717) is 27.9 Å². The third kappa shape index (κ3) is 4.72. The van der Waals surface area contributed by atoms with Gasteiger partial charge in [0.25, 0.3) is 5.91 Å². The molecule has 1 aromatic rings. The fourth-order valence-electron chi connectivity index (χ4n) is 1.53. The molecule has 0 saturated carbocycles. The maximum absolute atomic E-state index is 12.1. The number of hydrogen-bond acceptors (Lipinski definition) is 3. The monoisotopic (exact) mass is 347 g/mol. The Balaban J connectivity index is 2.77. The quantitative estimate of drug-likeness (QED) is 0.331. The molecule has 4 N–H and O–H groups in total. The number of carbonyl (C=O) groups excluding carboxylic acids is 1. The second-order valence-corrected chi connectivity index (χ2v) is 5.29. The number of benzene rings is 1. The van der Waals surface area contributed by atoms with Crippen molar-refractivity contribution in [3.63, 3.8) is 0 Å². The van der Waals surface area contributed by atoms with Gasteiger partial charge in [-0.05, 0) is 40.5 Å². The molecule has 1 unspecified atom stereocenters. The van der Waals surface area contributed by atoms with Crippen LogP contribution in [0.25, 0.3) is 0 Å². The zero-order chi connectivity index (χ0) is 14.4. The van der Waals surface area contributed by atoms with Crippen molar-refractivity contribution < 1.29 is 10.0 Å². The minimum atomic E-state index is -0.235. The first-order valence-corrected chi connectivity index (χ1v) is 6.87. The molecule has 0 radical (unpaired) electrons. The van der Waals surface area contributed by atoms with Crippen LogP contribution in [0.4, 0.5) is 0 Å². The van der Waals surface area contributed by atoms with E-state index in [-0.39, 0.29) is 17.8 Å². The van der Waals surface area contributed by atoms with E-state index in [1.54, 1.807) is 18.2 Å². The van der Waals surface area contributed by atoms with E-state index in [2.05, 4.69) is 26.4 Å². The lowest BCUT2D eigenvalue weighted by molar-refractivity contribution is 0.0936. The molecule has 0 fully saturated rings. The van der Waals surface area contributed by atoms with E-state index < -0.39 is 0 Å². The fourth-order valence-corrected chi connectivity index (χ4v) is 2.39. The number of amides is 1. The molecule has 0 spiro atoms. The first kappa shape index (κ1) is 15.8. The molecule has 0 heterocycles. The van der Waals surface area contributed by atoms with Gasteiger partial charge < -0.3 is 16.3 Å². The lowest BCUT2D eigenvalue weighted by Crippen LogP contribution is -2.37. The van der Waals surface area contributed by atoms with E-state index in [1.807, 2.05) is 6.92 Å². The molecule has 1 amide bonds. The molecule has 0 aromatic heterocycles. The highest BCUT2D eigenvalue weighted by Gasteiger charge is 2.16. The number of oxime groups is 1. The highest BCUT2D eigenvalue weighted by molar-refractivity contribution is 9.10. The Kier molecular flexibility index (Phi) is 6.11. The molecule has 0 aliphatic carbocycles. The molecule has 1 rings (SSSR count). The van der Waals surface area contributed by atoms with Crippen molar-refractivity contribution in [3.8, 4) is 0 Å². The van der Waals surface area contributed by atoms with Crippen LogP contribution in [0, 0.1) is 0 Å². The number of amidine groups is 1. The van der Waals surface area contributed by atoms with Gasteiger partial charge in [0.2, 0.25) is 0 Å². The van der Waals surface area contributed by atoms with Crippen LogP contribution >= 0.6 is 27.5 Å². The molecule has 0 aliphatic rings. The molecular weight excluding hydrogens is 334 g/mol. The van der Waals surface area contributed by atoms with E-state index >= 15 is 0 Å². The van der Waals surface area contributed by atoms with Gasteiger partial charge in [-0.15, -0.1) is 0 Å². The standard InChI is InChI=1S/C12H15BrClN3O2/c1-2-8(6-11(15)17-19)16-12(18)9-4-3-7(14)5-10(9)13/h3-5,8,19H,2,6H2,1H3,(H2,15,17)(H,16,18). The van der Waals surface area contributed by atoms with Crippen LogP contribution in [0.15, 0.2) is 27.8 Å². The maximum Gasteiger partial charge on any atom is 0.252 e. The summed E-state index contributed by atoms with van der Waals surface area (Å²) in [5, 5.41) is 14.8. The van der Waals surface area contributed by atoms with Gasteiger partial charge >= 0.3 is 0 Å². The normalized spacial score (nSPS) is 13.1. The van der Waals surface area contributed by atoms with Gasteiger partial charge in [-0.25, -0.2) is 0 Å². The van der Waals surface area contributed by atoms with E-state index in [0.717, 1.165) is 0 Å². The Bertz CT molecular complexity index is 494. The molecule has 5 nitrogen and oxygen atoms in total. The van der Waals surface area contributed by atoms with Crippen LogP contribution in [-0.4, -0.2) is 23.0 Å². The van der Waals surface area contributed by atoms with E-state index in [4.69, 9.17) is 22.5 Å². The van der Waals surface area contributed by atoms with Crippen LogP contribution in [-0.2, 0) is 0 Å². The number of nitrogens with two attached hydrogens (primary N) is 1. The van der Waals surface area contributed by atoms with Crippen LogP contribution < -0.4 is 11.1 Å². The van der Waals surface area contributed by atoms with Crippen LogP contribution in [0.2, 0.25) is 5.02 Å². The number of carbonyl (C=O) groups is 1. The summed E-state index contributed by atoms with van der Waals surface area (Å²) >= 11 is 9.11. The summed E-state index contributed by atoms with van der Waals surface area (Å²) in [6.45, 7) is 1.91. The minimum Gasteiger partial charge on any atom is -0.409 e. The number of nitrogens with one attached hydrogen (secondary N) is 1. The summed E-state index contributed by atoms with van der Waals surface area (Å²) < 4.78 is 0.621. The Morgan fingerprint density at radius 2 is 2.32 bits per heavy atom. The predicted octanol–water partition coefficient (Wildman–Crippen LogP) is 2.75. The van der Waals surface area contributed by atoms with Gasteiger partial charge in [0.05, 0.1) is 5.56 Å². The highest BCUT2D eigenvalue weighted by Crippen LogP contribution is 2.21. The Hall–Kier alpha value is -1.27. The van der Waals surface area contributed by atoms with Crippen LogP contribution in [0.5, 0.6) is 0 Å². The lowest BCUT2D eigenvalue weighted by atomic mass is 10.1. The second kappa shape index (κ2) is 7.35. The van der Waals surface area contributed by atoms with Crippen molar-refractivity contribution in [1.82, 2.24) is 5.32 Å². The topological polar surface area (TPSA) is 87.7 Å². The van der Waals surface area contributed by atoms with Crippen LogP contribution in [0.3, 0.4) is 0 Å². The van der Waals surface area contributed by atoms with E-state index in [9.17, 15) is 4.79 Å². The molecule has 1 aromatic carbocycles. The number of nitrogens with zero attached hydrogens (tertiary/aromatic N) is 1. The Morgan fingerprint density at radius 1 is 1.63 bits per heavy atom. The first-order chi connectivity index (χ1) is 8.97. The molecule has 0 saturated heterocycles. The van der Waals surface area contributed by atoms with Gasteiger partial charge in [-0.2, -0.15) is 0 Å². The Morgan fingerprint density at radius 3 is 2.84 bits per heavy atom. The van der Waals surface area contributed by atoms with Gasteiger partial charge in [0.15, 0.2) is 0 Å². The lowest BCUT2D eigenvalue weighted by Gasteiger charge is -2.16. The van der Waals surface area contributed by atoms with Crippen molar-refractivity contribution in [3.05, 3.63) is 33.3 Å². The molecule has 19 heavy (non-hydrogen) atoms. The van der Waals surface area contributed by atoms with Crippen molar-refractivity contribution in [2.45, 2.75) is 25.8 Å². The number of hydrogen-bond donors (Lipinski definition) is 3. The number of rotatable bonds is 5. The minimum absolute atomic E-state index is 0.0855. The summed E-state index contributed by atoms with van der Waals surface area (Å²) in [6, 6.07) is 4.75. The summed E-state index contributed by atoms with van der Waals surface area (Å²) in [7, 11) is 0. The molecule has 0 aliphatic heterocycles. The average Bonchev–Trinajstić information content (AvgIpc) is 2.37. The van der Waals surface area contributed by atoms with Gasteiger partial charge in [0, 0.05) is 22.0 Å². The molecule has 0 bridgehead atoms. The van der Waals surface area contributed by atoms with Gasteiger partial charge in [0.1, 0.15) is 5.84 Å². The van der Waals surface area contributed by atoms with Crippen molar-refractivity contribution in [1.29, 1.82) is 0 Å². The smallest absolute Gasteiger partial charge is 0.252 e. The SMILES string of the molecule is CCC(C/C(N)=N/O)NC(=O)c1ccc(Cl)cc1Br. The third-order valence-corrected chi connectivity index (χ3v) is 3.48. The zero-order valence-corrected chi connectivity index (χ0v) is 12.7. The molecule has 7 heteroatoms. The average molecular weight is 349 g/mol. The summed E-state index contributed by atoms with van der Waals surface area (Å²) in [5.74, 6) is -0.150. The first-order valence-electron chi connectivity index (χ1n) is 5.70. The summed E-state index contributed by atoms with van der Waals surface area (Å²) in [6.07, 6.45) is 0.969. The Labute approximate surface area is 124 Å². The maximum atomic E-state index is 12.1. The fraction of sp³-hybridized carbons (Fsp3) is 0.333. The zero-order valence-electron chi connectivity index (χ0n) is 10.4. The van der Waals surface area contributed by atoms with Crippen LogP contribution in [0.1, 0.15) is 30.1 Å². The predicted molar refractivity (Wildman–Crippen MR) is 78.7 cm³/mol. The highest BCUT2D eigenvalue weighted by atomic mass is 79.9. The second-order valence-electron chi connectivity index (χ2n) is 4.00. The molecule has 1 atom stereocenters. The molecule has 104 valence electrons. The third-order valence-electron chi connectivity index (χ3n) is 2.59. The van der Waals surface area contributed by atoms with Crippen molar-refractivity contribution >= 4 is 39.3 Å². The van der Waals surface area contributed by atoms with Crippen molar-refractivity contribution in [2.24, 2.45) is 10.9 Å². The largest absolute Gasteiger partial charge is 0.409 e. The summed E-state index contributed by atoms with van der Waals surface area (Å²) in [5.41, 5.74) is 5.92. The van der Waals surface area contributed by atoms with Gasteiger partial charge in [-0.3, -0.25) is 4.79 Å².